The maximum absolute atomic E-state index is 12.3. The minimum Gasteiger partial charge on any atom is -0.408 e. The first-order chi connectivity index (χ1) is 11.0. The van der Waals surface area contributed by atoms with Gasteiger partial charge in [0.1, 0.15) is 0 Å². The fourth-order valence-corrected chi connectivity index (χ4v) is 2.67. The lowest BCUT2D eigenvalue weighted by Crippen LogP contribution is -2.15. The molecule has 0 saturated heterocycles. The molecule has 3 aromatic rings. The van der Waals surface area contributed by atoms with Crippen LogP contribution in [0.2, 0.25) is 5.02 Å². The average Bonchev–Trinajstić information content (AvgIpc) is 2.82. The monoisotopic (exact) mass is 330 g/mol. The summed E-state index contributed by atoms with van der Waals surface area (Å²) in [4.78, 5) is 24.1. The van der Waals surface area contributed by atoms with E-state index in [0.29, 0.717) is 27.4 Å². The Kier molecular flexibility index (Phi) is 3.96. The van der Waals surface area contributed by atoms with Crippen molar-refractivity contribution in [3.63, 3.8) is 0 Å². The van der Waals surface area contributed by atoms with Crippen molar-refractivity contribution in [2.45, 2.75) is 19.9 Å². The van der Waals surface area contributed by atoms with Crippen molar-refractivity contribution in [3.8, 4) is 0 Å². The predicted molar refractivity (Wildman–Crippen MR) is 90.3 cm³/mol. The fraction of sp³-hybridized carbons (Fsp3) is 0.176. The number of carbonyl (C=O) groups excluding carboxylic acids is 1. The quantitative estimate of drug-likeness (QED) is 0.787. The summed E-state index contributed by atoms with van der Waals surface area (Å²) in [5, 5.41) is 3.13. The minimum absolute atomic E-state index is 0.00711. The van der Waals surface area contributed by atoms with Crippen LogP contribution in [-0.4, -0.2) is 10.5 Å². The number of nitrogens with zero attached hydrogens (tertiary/aromatic N) is 1. The molecule has 0 spiro atoms. The summed E-state index contributed by atoms with van der Waals surface area (Å²) in [5.74, 6) is -0.731. The van der Waals surface area contributed by atoms with Crippen molar-refractivity contribution in [3.05, 3.63) is 63.6 Å². The molecule has 0 atom stereocenters. The van der Waals surface area contributed by atoms with Gasteiger partial charge < -0.3 is 9.73 Å². The SMILES string of the molecule is CC(C)n1c(=O)oc2cc(NC(=O)c3ccccc3Cl)ccc21. The number of benzene rings is 2. The molecule has 0 aliphatic heterocycles. The zero-order valence-corrected chi connectivity index (χ0v) is 13.4. The fourth-order valence-electron chi connectivity index (χ4n) is 2.45. The van der Waals surface area contributed by atoms with Gasteiger partial charge in [-0.2, -0.15) is 0 Å². The Morgan fingerprint density at radius 3 is 2.65 bits per heavy atom. The van der Waals surface area contributed by atoms with Crippen LogP contribution < -0.4 is 11.1 Å². The maximum atomic E-state index is 12.3. The molecule has 1 N–H and O–H groups in total. The van der Waals surface area contributed by atoms with E-state index in [1.54, 1.807) is 47.0 Å². The van der Waals surface area contributed by atoms with E-state index in [4.69, 9.17) is 16.0 Å². The summed E-state index contributed by atoms with van der Waals surface area (Å²) in [7, 11) is 0. The molecule has 0 radical (unpaired) electrons. The van der Waals surface area contributed by atoms with Gasteiger partial charge in [0.15, 0.2) is 5.58 Å². The van der Waals surface area contributed by atoms with E-state index in [9.17, 15) is 9.59 Å². The molecule has 1 aromatic heterocycles. The van der Waals surface area contributed by atoms with Gasteiger partial charge in [-0.05, 0) is 38.1 Å². The number of aromatic nitrogens is 1. The van der Waals surface area contributed by atoms with Crippen molar-refractivity contribution in [2.24, 2.45) is 0 Å². The number of rotatable bonds is 3. The van der Waals surface area contributed by atoms with E-state index in [1.807, 2.05) is 13.8 Å². The highest BCUT2D eigenvalue weighted by atomic mass is 35.5. The average molecular weight is 331 g/mol. The lowest BCUT2D eigenvalue weighted by Gasteiger charge is -2.08. The second-order valence-electron chi connectivity index (χ2n) is 5.45. The number of hydrogen-bond acceptors (Lipinski definition) is 3. The summed E-state index contributed by atoms with van der Waals surface area (Å²) in [5.41, 5.74) is 2.05. The molecule has 3 rings (SSSR count). The molecule has 0 fully saturated rings. The minimum atomic E-state index is -0.412. The molecule has 0 bridgehead atoms. The molecule has 1 heterocycles. The van der Waals surface area contributed by atoms with Gasteiger partial charge in [0.2, 0.25) is 0 Å². The molecule has 2 aromatic carbocycles. The second kappa shape index (κ2) is 5.93. The number of fused-ring (bicyclic) bond motifs is 1. The number of anilines is 1. The molecule has 0 aliphatic rings. The number of nitrogens with one attached hydrogen (secondary N) is 1. The molecule has 6 heteroatoms. The smallest absolute Gasteiger partial charge is 0.408 e. The Morgan fingerprint density at radius 2 is 1.96 bits per heavy atom. The standard InChI is InChI=1S/C17H15ClN2O3/c1-10(2)20-14-8-7-11(9-15(14)23-17(20)22)19-16(21)12-5-3-4-6-13(12)18/h3-10H,1-2H3,(H,19,21). The van der Waals surface area contributed by atoms with Gasteiger partial charge in [0.05, 0.1) is 16.1 Å². The van der Waals surface area contributed by atoms with Crippen molar-refractivity contribution in [1.29, 1.82) is 0 Å². The highest BCUT2D eigenvalue weighted by Gasteiger charge is 2.14. The van der Waals surface area contributed by atoms with Gasteiger partial charge in [0.25, 0.3) is 5.91 Å². The largest absolute Gasteiger partial charge is 0.420 e. The molecular weight excluding hydrogens is 316 g/mol. The van der Waals surface area contributed by atoms with Gasteiger partial charge in [0, 0.05) is 17.8 Å². The molecule has 23 heavy (non-hydrogen) atoms. The van der Waals surface area contributed by atoms with Crippen LogP contribution in [-0.2, 0) is 0 Å². The van der Waals surface area contributed by atoms with Crippen LogP contribution in [0.1, 0.15) is 30.2 Å². The highest BCUT2D eigenvalue weighted by molar-refractivity contribution is 6.34. The van der Waals surface area contributed by atoms with Gasteiger partial charge in [-0.25, -0.2) is 4.79 Å². The zero-order chi connectivity index (χ0) is 16.6. The second-order valence-corrected chi connectivity index (χ2v) is 5.86. The lowest BCUT2D eigenvalue weighted by molar-refractivity contribution is 0.102. The Morgan fingerprint density at radius 1 is 1.22 bits per heavy atom. The molecular formula is C17H15ClN2O3. The summed E-state index contributed by atoms with van der Waals surface area (Å²) in [6, 6.07) is 11.9. The normalized spacial score (nSPS) is 11.1. The molecule has 0 unspecified atom stereocenters. The summed E-state index contributed by atoms with van der Waals surface area (Å²) >= 11 is 6.02. The van der Waals surface area contributed by atoms with E-state index in [-0.39, 0.29) is 11.9 Å². The van der Waals surface area contributed by atoms with E-state index >= 15 is 0 Å². The van der Waals surface area contributed by atoms with Gasteiger partial charge in [-0.3, -0.25) is 9.36 Å². The third-order valence-corrected chi connectivity index (χ3v) is 3.84. The number of hydrogen-bond donors (Lipinski definition) is 1. The van der Waals surface area contributed by atoms with Crippen LogP contribution in [0.25, 0.3) is 11.1 Å². The molecule has 118 valence electrons. The summed E-state index contributed by atoms with van der Waals surface area (Å²) in [6.07, 6.45) is 0. The third-order valence-electron chi connectivity index (χ3n) is 3.51. The number of carbonyl (C=O) groups is 1. The third kappa shape index (κ3) is 2.87. The van der Waals surface area contributed by atoms with Crippen LogP contribution in [0.15, 0.2) is 51.7 Å². The molecule has 5 nitrogen and oxygen atoms in total. The van der Waals surface area contributed by atoms with E-state index in [1.165, 1.54) is 0 Å². The van der Waals surface area contributed by atoms with Gasteiger partial charge in [-0.15, -0.1) is 0 Å². The predicted octanol–water partition coefficient (Wildman–Crippen LogP) is 4.08. The van der Waals surface area contributed by atoms with Gasteiger partial charge >= 0.3 is 5.76 Å². The topological polar surface area (TPSA) is 64.2 Å². The Labute approximate surface area is 137 Å². The van der Waals surface area contributed by atoms with E-state index in [0.717, 1.165) is 0 Å². The lowest BCUT2D eigenvalue weighted by atomic mass is 10.2. The highest BCUT2D eigenvalue weighted by Crippen LogP contribution is 2.22. The van der Waals surface area contributed by atoms with E-state index < -0.39 is 5.76 Å². The Balaban J connectivity index is 1.94. The summed E-state index contributed by atoms with van der Waals surface area (Å²) < 4.78 is 6.81. The van der Waals surface area contributed by atoms with Crippen LogP contribution >= 0.6 is 11.6 Å². The number of amides is 1. The maximum Gasteiger partial charge on any atom is 0.420 e. The van der Waals surface area contributed by atoms with Crippen LogP contribution in [0.3, 0.4) is 0 Å². The first kappa shape index (κ1) is 15.4. The number of oxazole rings is 1. The van der Waals surface area contributed by atoms with E-state index in [2.05, 4.69) is 5.32 Å². The molecule has 1 amide bonds. The molecule has 0 aliphatic carbocycles. The first-order valence-electron chi connectivity index (χ1n) is 7.18. The Bertz CT molecular complexity index is 940. The van der Waals surface area contributed by atoms with Crippen LogP contribution in [0.4, 0.5) is 5.69 Å². The Hall–Kier alpha value is -2.53. The van der Waals surface area contributed by atoms with Crippen LogP contribution in [0, 0.1) is 0 Å². The van der Waals surface area contributed by atoms with Crippen LogP contribution in [0.5, 0.6) is 0 Å². The first-order valence-corrected chi connectivity index (χ1v) is 7.56. The zero-order valence-electron chi connectivity index (χ0n) is 12.7. The van der Waals surface area contributed by atoms with Gasteiger partial charge in [-0.1, -0.05) is 23.7 Å². The van der Waals surface area contributed by atoms with Crippen molar-refractivity contribution in [2.75, 3.05) is 5.32 Å². The van der Waals surface area contributed by atoms with Crippen molar-refractivity contribution >= 4 is 34.3 Å². The van der Waals surface area contributed by atoms with Crippen molar-refractivity contribution in [1.82, 2.24) is 4.57 Å². The summed E-state index contributed by atoms with van der Waals surface area (Å²) in [6.45, 7) is 3.81. The number of halogens is 1. The van der Waals surface area contributed by atoms with Crippen molar-refractivity contribution < 1.29 is 9.21 Å². The molecule has 0 saturated carbocycles.